The molecule has 0 unspecified atom stereocenters. The van der Waals surface area contributed by atoms with Crippen molar-refractivity contribution in [3.8, 4) is 17.0 Å². The summed E-state index contributed by atoms with van der Waals surface area (Å²) in [6.45, 7) is 0.422. The highest BCUT2D eigenvalue weighted by Crippen LogP contribution is 2.24. The van der Waals surface area contributed by atoms with Crippen LogP contribution in [0.25, 0.3) is 11.3 Å². The third-order valence-electron chi connectivity index (χ3n) is 3.47. The molecule has 0 aliphatic heterocycles. The lowest BCUT2D eigenvalue weighted by atomic mass is 10.1. The van der Waals surface area contributed by atoms with E-state index in [9.17, 15) is 0 Å². The van der Waals surface area contributed by atoms with E-state index in [1.165, 1.54) is 11.3 Å². The van der Waals surface area contributed by atoms with E-state index < -0.39 is 0 Å². The molecule has 0 amide bonds. The number of methoxy groups -OCH3 is 1. The molecule has 3 N–H and O–H groups in total. The van der Waals surface area contributed by atoms with Crippen molar-refractivity contribution in [2.75, 3.05) is 12.5 Å². The molecule has 1 heterocycles. The summed E-state index contributed by atoms with van der Waals surface area (Å²) in [6, 6.07) is 15.8. The summed E-state index contributed by atoms with van der Waals surface area (Å²) in [7, 11) is 1.64. The number of hydrogen-bond donors (Lipinski definition) is 2. The fourth-order valence-electron chi connectivity index (χ4n) is 2.27. The highest BCUT2D eigenvalue weighted by Gasteiger charge is 2.03. The first kappa shape index (κ1) is 16.2. The summed E-state index contributed by atoms with van der Waals surface area (Å²) in [5.41, 5.74) is 12.6. The standard InChI is InChI=1S/C18H18N4OS/c1-23-17-8-7-13(9-15(17)10-19)11-20-22-18-21-16(12-24-18)14-5-3-2-4-6-14/h2-9,11-12H,10,19H2,1H3,(H,21,22). The van der Waals surface area contributed by atoms with E-state index in [0.29, 0.717) is 6.54 Å². The van der Waals surface area contributed by atoms with Crippen LogP contribution < -0.4 is 15.9 Å². The number of ether oxygens (including phenoxy) is 1. The van der Waals surface area contributed by atoms with Crippen molar-refractivity contribution < 1.29 is 4.74 Å². The van der Waals surface area contributed by atoms with Gasteiger partial charge in [0.05, 0.1) is 19.0 Å². The molecule has 122 valence electrons. The van der Waals surface area contributed by atoms with E-state index in [4.69, 9.17) is 10.5 Å². The molecule has 3 aromatic rings. The van der Waals surface area contributed by atoms with Crippen LogP contribution in [0.15, 0.2) is 59.0 Å². The Labute approximate surface area is 144 Å². The SMILES string of the molecule is COc1ccc(C=NNc2nc(-c3ccccc3)cs2)cc1CN. The van der Waals surface area contributed by atoms with Crippen LogP contribution >= 0.6 is 11.3 Å². The third kappa shape index (κ3) is 3.79. The average molecular weight is 338 g/mol. The molecule has 2 aromatic carbocycles. The van der Waals surface area contributed by atoms with Crippen LogP contribution in [-0.2, 0) is 6.54 Å². The zero-order valence-electron chi connectivity index (χ0n) is 13.3. The maximum Gasteiger partial charge on any atom is 0.203 e. The van der Waals surface area contributed by atoms with Crippen molar-refractivity contribution in [3.05, 3.63) is 65.0 Å². The molecule has 0 aliphatic carbocycles. The number of anilines is 1. The second-order valence-corrected chi connectivity index (χ2v) is 5.91. The molecule has 0 atom stereocenters. The number of nitrogens with two attached hydrogens (primary N) is 1. The number of thiazole rings is 1. The van der Waals surface area contributed by atoms with Gasteiger partial charge in [0.25, 0.3) is 0 Å². The molecule has 1 aromatic heterocycles. The van der Waals surface area contributed by atoms with Gasteiger partial charge in [0, 0.05) is 23.1 Å². The van der Waals surface area contributed by atoms with Crippen LogP contribution in [0.2, 0.25) is 0 Å². The molecule has 5 nitrogen and oxygen atoms in total. The lowest BCUT2D eigenvalue weighted by Gasteiger charge is -2.06. The first-order chi connectivity index (χ1) is 11.8. The zero-order chi connectivity index (χ0) is 16.8. The monoisotopic (exact) mass is 338 g/mol. The number of benzene rings is 2. The first-order valence-electron chi connectivity index (χ1n) is 7.47. The number of nitrogens with zero attached hydrogens (tertiary/aromatic N) is 2. The Bertz CT molecular complexity index is 830. The molecule has 0 saturated carbocycles. The van der Waals surface area contributed by atoms with Crippen LogP contribution in [0, 0.1) is 0 Å². The van der Waals surface area contributed by atoms with Crippen LogP contribution in [-0.4, -0.2) is 18.3 Å². The third-order valence-corrected chi connectivity index (χ3v) is 4.22. The minimum absolute atomic E-state index is 0.422. The lowest BCUT2D eigenvalue weighted by molar-refractivity contribution is 0.410. The predicted molar refractivity (Wildman–Crippen MR) is 99.7 cm³/mol. The smallest absolute Gasteiger partial charge is 0.203 e. The highest BCUT2D eigenvalue weighted by atomic mass is 32.1. The number of nitrogens with one attached hydrogen (secondary N) is 1. The Hall–Kier alpha value is -2.70. The summed E-state index contributed by atoms with van der Waals surface area (Å²) in [5, 5.41) is 7.00. The van der Waals surface area contributed by atoms with Gasteiger partial charge in [-0.2, -0.15) is 5.10 Å². The fourth-order valence-corrected chi connectivity index (χ4v) is 2.94. The molecular formula is C18H18N4OS. The van der Waals surface area contributed by atoms with E-state index in [1.807, 2.05) is 53.9 Å². The van der Waals surface area contributed by atoms with Gasteiger partial charge in [-0.1, -0.05) is 30.3 Å². The molecule has 0 fully saturated rings. The normalized spacial score (nSPS) is 10.9. The van der Waals surface area contributed by atoms with Crippen molar-refractivity contribution in [1.82, 2.24) is 4.98 Å². The largest absolute Gasteiger partial charge is 0.496 e. The van der Waals surface area contributed by atoms with E-state index in [1.54, 1.807) is 13.3 Å². The number of aromatic nitrogens is 1. The van der Waals surface area contributed by atoms with Gasteiger partial charge in [0.2, 0.25) is 5.13 Å². The summed E-state index contributed by atoms with van der Waals surface area (Å²) in [5.74, 6) is 0.787. The van der Waals surface area contributed by atoms with Crippen LogP contribution in [0.5, 0.6) is 5.75 Å². The minimum Gasteiger partial charge on any atom is -0.496 e. The highest BCUT2D eigenvalue weighted by molar-refractivity contribution is 7.14. The summed E-state index contributed by atoms with van der Waals surface area (Å²) < 4.78 is 5.26. The molecule has 24 heavy (non-hydrogen) atoms. The maximum absolute atomic E-state index is 5.72. The molecule has 3 rings (SSSR count). The Morgan fingerprint density at radius 3 is 2.83 bits per heavy atom. The fraction of sp³-hybridized carbons (Fsp3) is 0.111. The van der Waals surface area contributed by atoms with Gasteiger partial charge < -0.3 is 10.5 Å². The van der Waals surface area contributed by atoms with Crippen LogP contribution in [0.3, 0.4) is 0 Å². The quantitative estimate of drug-likeness (QED) is 0.531. The van der Waals surface area contributed by atoms with Gasteiger partial charge >= 0.3 is 0 Å². The van der Waals surface area contributed by atoms with Gasteiger partial charge in [-0.15, -0.1) is 11.3 Å². The van der Waals surface area contributed by atoms with Crippen molar-refractivity contribution in [2.45, 2.75) is 6.54 Å². The average Bonchev–Trinajstić information content (AvgIpc) is 3.11. The zero-order valence-corrected chi connectivity index (χ0v) is 14.1. The summed E-state index contributed by atoms with van der Waals surface area (Å²) in [6.07, 6.45) is 1.74. The van der Waals surface area contributed by atoms with E-state index in [-0.39, 0.29) is 0 Å². The summed E-state index contributed by atoms with van der Waals surface area (Å²) >= 11 is 1.52. The Morgan fingerprint density at radius 2 is 2.08 bits per heavy atom. The summed E-state index contributed by atoms with van der Waals surface area (Å²) in [4.78, 5) is 4.53. The van der Waals surface area contributed by atoms with Crippen molar-refractivity contribution >= 4 is 22.7 Å². The van der Waals surface area contributed by atoms with Gasteiger partial charge in [-0.25, -0.2) is 4.98 Å². The predicted octanol–water partition coefficient (Wildman–Crippen LogP) is 3.72. The molecule has 6 heteroatoms. The van der Waals surface area contributed by atoms with Crippen LogP contribution in [0.1, 0.15) is 11.1 Å². The van der Waals surface area contributed by atoms with Gasteiger partial charge in [-0.05, 0) is 23.8 Å². The van der Waals surface area contributed by atoms with Crippen molar-refractivity contribution in [2.24, 2.45) is 10.8 Å². The van der Waals surface area contributed by atoms with E-state index in [0.717, 1.165) is 33.3 Å². The molecule has 0 aliphatic rings. The minimum atomic E-state index is 0.422. The lowest BCUT2D eigenvalue weighted by Crippen LogP contribution is -2.01. The molecular weight excluding hydrogens is 320 g/mol. The number of hydrazone groups is 1. The van der Waals surface area contributed by atoms with E-state index >= 15 is 0 Å². The van der Waals surface area contributed by atoms with Gasteiger partial charge in [-0.3, -0.25) is 5.43 Å². The topological polar surface area (TPSA) is 72.5 Å². The molecule has 0 radical (unpaired) electrons. The second-order valence-electron chi connectivity index (χ2n) is 5.05. The first-order valence-corrected chi connectivity index (χ1v) is 8.35. The van der Waals surface area contributed by atoms with Gasteiger partial charge in [0.1, 0.15) is 5.75 Å². The molecule has 0 bridgehead atoms. The second kappa shape index (κ2) is 7.72. The van der Waals surface area contributed by atoms with Crippen LogP contribution in [0.4, 0.5) is 5.13 Å². The Balaban J connectivity index is 1.68. The maximum atomic E-state index is 5.72. The van der Waals surface area contributed by atoms with Crippen molar-refractivity contribution in [1.29, 1.82) is 0 Å². The molecule has 0 spiro atoms. The number of hydrogen-bond acceptors (Lipinski definition) is 6. The molecule has 0 saturated heterocycles. The Kier molecular flexibility index (Phi) is 5.20. The van der Waals surface area contributed by atoms with E-state index in [2.05, 4.69) is 15.5 Å². The van der Waals surface area contributed by atoms with Crippen molar-refractivity contribution in [3.63, 3.8) is 0 Å². The van der Waals surface area contributed by atoms with Gasteiger partial charge in [0.15, 0.2) is 0 Å². The Morgan fingerprint density at radius 1 is 1.25 bits per heavy atom. The number of rotatable bonds is 6.